The van der Waals surface area contributed by atoms with Gasteiger partial charge in [0.05, 0.1) is 17.5 Å². The zero-order valence-electron chi connectivity index (χ0n) is 16.7. The van der Waals surface area contributed by atoms with E-state index < -0.39 is 65.5 Å². The van der Waals surface area contributed by atoms with Gasteiger partial charge in [0.25, 0.3) is 0 Å². The van der Waals surface area contributed by atoms with Crippen LogP contribution in [0.4, 0.5) is 26.3 Å². The molecule has 0 bridgehead atoms. The lowest BCUT2D eigenvalue weighted by molar-refractivity contribution is -0.163. The topological polar surface area (TPSA) is 52.9 Å². The predicted molar refractivity (Wildman–Crippen MR) is 98.0 cm³/mol. The quantitative estimate of drug-likeness (QED) is 0.479. The number of nitriles is 1. The molecular formula is C21H24F6N2O. The van der Waals surface area contributed by atoms with Crippen molar-refractivity contribution >= 4 is 5.78 Å². The number of Topliss-reactive ketones (excluding diaryl/α,β-unsaturated/α-hetero) is 1. The van der Waals surface area contributed by atoms with Crippen LogP contribution in [0.1, 0.15) is 57.6 Å². The molecule has 1 aromatic carbocycles. The van der Waals surface area contributed by atoms with E-state index in [1.165, 1.54) is 0 Å². The van der Waals surface area contributed by atoms with Gasteiger partial charge in [0.15, 0.2) is 5.78 Å². The molecule has 2 atom stereocenters. The van der Waals surface area contributed by atoms with E-state index in [1.807, 2.05) is 11.4 Å². The summed E-state index contributed by atoms with van der Waals surface area (Å²) in [5.74, 6) is -5.40. The Morgan fingerprint density at radius 1 is 1.13 bits per heavy atom. The van der Waals surface area contributed by atoms with Crippen molar-refractivity contribution in [2.24, 2.45) is 11.3 Å². The van der Waals surface area contributed by atoms with Gasteiger partial charge in [-0.25, -0.2) is 13.2 Å². The van der Waals surface area contributed by atoms with Gasteiger partial charge in [-0.05, 0) is 36.5 Å². The number of hydrogen-bond donors (Lipinski definition) is 1. The molecule has 1 fully saturated rings. The highest BCUT2D eigenvalue weighted by Crippen LogP contribution is 2.49. The van der Waals surface area contributed by atoms with E-state index in [0.29, 0.717) is 12.8 Å². The highest BCUT2D eigenvalue weighted by Gasteiger charge is 2.49. The van der Waals surface area contributed by atoms with Crippen LogP contribution in [0, 0.1) is 28.5 Å². The highest BCUT2D eigenvalue weighted by atomic mass is 19.4. The van der Waals surface area contributed by atoms with Crippen molar-refractivity contribution < 1.29 is 31.1 Å². The van der Waals surface area contributed by atoms with Gasteiger partial charge in [-0.2, -0.15) is 18.4 Å². The van der Waals surface area contributed by atoms with Gasteiger partial charge in [-0.3, -0.25) is 10.1 Å². The van der Waals surface area contributed by atoms with Crippen LogP contribution in [0.25, 0.3) is 0 Å². The molecule has 2 rings (SSSR count). The monoisotopic (exact) mass is 434 g/mol. The third-order valence-corrected chi connectivity index (χ3v) is 5.10. The number of nitrogens with one attached hydrogen (secondary N) is 1. The first kappa shape index (κ1) is 24.2. The van der Waals surface area contributed by atoms with Gasteiger partial charge >= 0.3 is 6.18 Å². The van der Waals surface area contributed by atoms with Crippen LogP contribution in [-0.2, 0) is 4.79 Å². The number of alkyl halides is 5. The maximum absolute atomic E-state index is 14.4. The minimum absolute atomic E-state index is 0.382. The van der Waals surface area contributed by atoms with Crippen molar-refractivity contribution in [1.29, 1.82) is 5.26 Å². The number of hydrogen-bond acceptors (Lipinski definition) is 3. The minimum Gasteiger partial charge on any atom is -0.298 e. The van der Waals surface area contributed by atoms with Crippen molar-refractivity contribution in [1.82, 2.24) is 5.32 Å². The Morgan fingerprint density at radius 2 is 1.70 bits per heavy atom. The molecule has 0 heterocycles. The first-order chi connectivity index (χ1) is 13.8. The lowest BCUT2D eigenvalue weighted by Crippen LogP contribution is -2.48. The molecule has 1 aliphatic carbocycles. The zero-order chi connectivity index (χ0) is 22.7. The van der Waals surface area contributed by atoms with Gasteiger partial charge < -0.3 is 0 Å². The van der Waals surface area contributed by atoms with Crippen LogP contribution in [-0.4, -0.2) is 23.9 Å². The average molecular weight is 434 g/mol. The fourth-order valence-electron chi connectivity index (χ4n) is 3.42. The molecule has 3 nitrogen and oxygen atoms in total. The SMILES string of the molecule is CC(C)CC(F)(F)C[C@H](N[C@@H](c1ccc(F)cc1)C(F)(F)F)C(=O)CC1(C#N)CC1. The van der Waals surface area contributed by atoms with E-state index in [-0.39, 0.29) is 6.42 Å². The molecule has 0 radical (unpaired) electrons. The van der Waals surface area contributed by atoms with Crippen molar-refractivity contribution in [3.63, 3.8) is 0 Å². The maximum Gasteiger partial charge on any atom is 0.407 e. The lowest BCUT2D eigenvalue weighted by atomic mass is 9.90. The molecule has 1 aromatic rings. The summed E-state index contributed by atoms with van der Waals surface area (Å²) in [7, 11) is 0. The summed E-state index contributed by atoms with van der Waals surface area (Å²) in [6, 6.07) is 1.16. The first-order valence-corrected chi connectivity index (χ1v) is 9.67. The summed E-state index contributed by atoms with van der Waals surface area (Å²) in [6.45, 7) is 3.09. The van der Waals surface area contributed by atoms with Crippen molar-refractivity contribution in [2.45, 2.75) is 70.1 Å². The van der Waals surface area contributed by atoms with Crippen molar-refractivity contribution in [2.75, 3.05) is 0 Å². The Labute approximate surface area is 171 Å². The molecule has 0 aliphatic heterocycles. The Hall–Kier alpha value is -2.08. The van der Waals surface area contributed by atoms with Gasteiger partial charge in [-0.15, -0.1) is 0 Å². The Balaban J connectivity index is 2.31. The molecular weight excluding hydrogens is 410 g/mol. The first-order valence-electron chi connectivity index (χ1n) is 9.67. The molecule has 0 unspecified atom stereocenters. The Morgan fingerprint density at radius 3 is 2.13 bits per heavy atom. The zero-order valence-corrected chi connectivity index (χ0v) is 16.7. The van der Waals surface area contributed by atoms with E-state index in [4.69, 9.17) is 5.26 Å². The standard InChI is InChI=1S/C21H24F6N2O/c1-13(2)9-20(23,24)10-16(17(30)11-19(12-28)7-8-19)29-18(21(25,26)27)14-3-5-15(22)6-4-14/h3-6,13,16,18,29H,7-11H2,1-2H3/t16-,18-/m0/s1. The molecule has 1 aliphatic rings. The van der Waals surface area contributed by atoms with Crippen LogP contribution in [0.3, 0.4) is 0 Å². The molecule has 1 saturated carbocycles. The number of ketones is 1. The van der Waals surface area contributed by atoms with Gasteiger partial charge in [0.2, 0.25) is 5.92 Å². The van der Waals surface area contributed by atoms with Gasteiger partial charge in [0.1, 0.15) is 11.9 Å². The van der Waals surface area contributed by atoms with E-state index in [1.54, 1.807) is 13.8 Å². The summed E-state index contributed by atoms with van der Waals surface area (Å²) < 4.78 is 83.0. The number of rotatable bonds is 10. The molecule has 166 valence electrons. The summed E-state index contributed by atoms with van der Waals surface area (Å²) in [5.41, 5.74) is -1.37. The second-order valence-electron chi connectivity index (χ2n) is 8.44. The van der Waals surface area contributed by atoms with Crippen LogP contribution < -0.4 is 5.32 Å². The molecule has 0 amide bonds. The van der Waals surface area contributed by atoms with E-state index in [0.717, 1.165) is 24.3 Å². The van der Waals surface area contributed by atoms with Crippen LogP contribution in [0.2, 0.25) is 0 Å². The molecule has 0 spiro atoms. The summed E-state index contributed by atoms with van der Waals surface area (Å²) in [4.78, 5) is 12.7. The fourth-order valence-corrected chi connectivity index (χ4v) is 3.42. The highest BCUT2D eigenvalue weighted by molar-refractivity contribution is 5.85. The molecule has 30 heavy (non-hydrogen) atoms. The Bertz CT molecular complexity index is 778. The van der Waals surface area contributed by atoms with Crippen LogP contribution in [0.5, 0.6) is 0 Å². The molecule has 9 heteroatoms. The number of carbonyl (C=O) groups is 1. The fraction of sp³-hybridized carbons (Fsp3) is 0.619. The third kappa shape index (κ3) is 6.73. The van der Waals surface area contributed by atoms with E-state index >= 15 is 0 Å². The van der Waals surface area contributed by atoms with Crippen molar-refractivity contribution in [3.05, 3.63) is 35.6 Å². The smallest absolute Gasteiger partial charge is 0.298 e. The number of benzene rings is 1. The molecule has 1 N–H and O–H groups in total. The summed E-state index contributed by atoms with van der Waals surface area (Å²) in [5, 5.41) is 11.2. The number of halogens is 6. The minimum atomic E-state index is -4.91. The second kappa shape index (κ2) is 8.96. The third-order valence-electron chi connectivity index (χ3n) is 5.10. The molecule has 0 saturated heterocycles. The number of nitrogens with zero attached hydrogens (tertiary/aromatic N) is 1. The van der Waals surface area contributed by atoms with Crippen LogP contribution >= 0.6 is 0 Å². The summed E-state index contributed by atoms with van der Waals surface area (Å²) >= 11 is 0. The maximum atomic E-state index is 14.4. The van der Waals surface area contributed by atoms with E-state index in [9.17, 15) is 31.1 Å². The Kier molecular flexibility index (Phi) is 7.23. The largest absolute Gasteiger partial charge is 0.407 e. The van der Waals surface area contributed by atoms with Crippen LogP contribution in [0.15, 0.2) is 24.3 Å². The lowest BCUT2D eigenvalue weighted by Gasteiger charge is -2.30. The van der Waals surface area contributed by atoms with Gasteiger partial charge in [-0.1, -0.05) is 26.0 Å². The van der Waals surface area contributed by atoms with Gasteiger partial charge in [0, 0.05) is 19.3 Å². The second-order valence-corrected chi connectivity index (χ2v) is 8.44. The normalized spacial score (nSPS) is 18.0. The van der Waals surface area contributed by atoms with E-state index in [2.05, 4.69) is 0 Å². The molecule has 0 aromatic heterocycles. The van der Waals surface area contributed by atoms with Crippen molar-refractivity contribution in [3.8, 4) is 6.07 Å². The average Bonchev–Trinajstić information content (AvgIpc) is 3.37. The summed E-state index contributed by atoms with van der Waals surface area (Å²) in [6.07, 6.45) is -6.17. The number of carbonyl (C=O) groups excluding carboxylic acids is 1. The predicted octanol–water partition coefficient (Wildman–Crippen LogP) is 5.72.